The highest BCUT2D eigenvalue weighted by Crippen LogP contribution is 2.42. The highest BCUT2D eigenvalue weighted by Gasteiger charge is 2.34. The number of hydrogen-bond acceptors (Lipinski definition) is 6. The van der Waals surface area contributed by atoms with E-state index in [9.17, 15) is 27.9 Å². The number of aromatic nitrogens is 1. The summed E-state index contributed by atoms with van der Waals surface area (Å²) in [7, 11) is 0. The molecule has 218 valence electrons. The summed E-state index contributed by atoms with van der Waals surface area (Å²) in [4.78, 5) is 31.7. The van der Waals surface area contributed by atoms with Crippen molar-refractivity contribution in [2.75, 3.05) is 18.8 Å². The topological polar surface area (TPSA) is 96.5 Å². The number of nitrogens with zero attached hydrogens (tertiary/aromatic N) is 2. The van der Waals surface area contributed by atoms with E-state index in [2.05, 4.69) is 4.98 Å². The predicted octanol–water partition coefficient (Wildman–Crippen LogP) is 6.77. The van der Waals surface area contributed by atoms with Crippen molar-refractivity contribution in [3.05, 3.63) is 88.4 Å². The van der Waals surface area contributed by atoms with E-state index in [-0.39, 0.29) is 22.8 Å². The van der Waals surface area contributed by atoms with Crippen LogP contribution in [0.15, 0.2) is 66.9 Å². The molecule has 2 aromatic heterocycles. The Morgan fingerprint density at radius 1 is 1.07 bits per heavy atom. The number of fused-ring (bicyclic) bond motifs is 1. The van der Waals surface area contributed by atoms with Gasteiger partial charge in [-0.1, -0.05) is 12.1 Å². The first-order valence-corrected chi connectivity index (χ1v) is 14.4. The van der Waals surface area contributed by atoms with Crippen molar-refractivity contribution in [3.8, 4) is 11.1 Å². The number of piperidine rings is 1. The van der Waals surface area contributed by atoms with Gasteiger partial charge in [0, 0.05) is 40.8 Å². The molecule has 6 nitrogen and oxygen atoms in total. The molecule has 1 fully saturated rings. The molecule has 3 N–H and O–H groups in total. The quantitative estimate of drug-likeness (QED) is 0.231. The summed E-state index contributed by atoms with van der Waals surface area (Å²) in [5.74, 6) is 0.0624. The first-order valence-electron chi connectivity index (χ1n) is 13.6. The number of aryl methyl sites for hydroxylation is 1. The number of aliphatic hydroxyl groups is 1. The predicted molar refractivity (Wildman–Crippen MR) is 159 cm³/mol. The molecular formula is C32H30F3N3O3S. The Morgan fingerprint density at radius 2 is 1.79 bits per heavy atom. The van der Waals surface area contributed by atoms with Gasteiger partial charge in [-0.25, -0.2) is 4.98 Å². The van der Waals surface area contributed by atoms with Crippen LogP contribution >= 0.6 is 11.3 Å². The Kier molecular flexibility index (Phi) is 8.21. The maximum atomic E-state index is 14.1. The fourth-order valence-corrected chi connectivity index (χ4v) is 6.09. The molecule has 0 atom stereocenters. The van der Waals surface area contributed by atoms with Crippen LogP contribution in [0, 0.1) is 0 Å². The van der Waals surface area contributed by atoms with E-state index >= 15 is 0 Å². The SMILES string of the molecule is CC1(O)CCN(C(=O)c2ccc(-c3cc(C(F)(F)F)c4sc(CCC(=O)/C=C/c5ccc(N)nc5)cc4c3)cc2)CC1. The molecule has 10 heteroatoms. The van der Waals surface area contributed by atoms with Gasteiger partial charge in [0.15, 0.2) is 5.78 Å². The fourth-order valence-electron chi connectivity index (χ4n) is 4.92. The number of anilines is 1. The van der Waals surface area contributed by atoms with Gasteiger partial charge in [-0.2, -0.15) is 13.2 Å². The van der Waals surface area contributed by atoms with Crippen molar-refractivity contribution in [2.24, 2.45) is 0 Å². The average Bonchev–Trinajstić information content (AvgIpc) is 3.37. The zero-order valence-corrected chi connectivity index (χ0v) is 23.8. The number of hydrogen-bond donors (Lipinski definition) is 2. The number of alkyl halides is 3. The zero-order valence-electron chi connectivity index (χ0n) is 22.9. The molecule has 0 spiro atoms. The van der Waals surface area contributed by atoms with Crippen molar-refractivity contribution in [3.63, 3.8) is 0 Å². The highest BCUT2D eigenvalue weighted by atomic mass is 32.1. The number of allylic oxidation sites excluding steroid dienone is 1. The molecule has 0 unspecified atom stereocenters. The van der Waals surface area contributed by atoms with E-state index in [1.54, 1.807) is 72.6 Å². The number of nitrogen functional groups attached to an aromatic ring is 1. The normalized spacial score (nSPS) is 15.4. The van der Waals surface area contributed by atoms with E-state index in [1.165, 1.54) is 6.08 Å². The molecule has 1 aliphatic rings. The van der Waals surface area contributed by atoms with Crippen LogP contribution in [-0.2, 0) is 17.4 Å². The number of pyridine rings is 1. The number of ketones is 1. The van der Waals surface area contributed by atoms with Gasteiger partial charge in [-0.3, -0.25) is 9.59 Å². The minimum Gasteiger partial charge on any atom is -0.390 e. The van der Waals surface area contributed by atoms with Gasteiger partial charge < -0.3 is 15.7 Å². The molecule has 0 bridgehead atoms. The standard InChI is InChI=1S/C32H30F3N3O3S/c1-31(41)12-14-38(15-13-31)30(40)22-6-4-21(5-7-22)23-16-24-17-26(42-29(24)27(18-23)32(33,34)35)10-9-25(39)8-2-20-3-11-28(36)37-19-20/h2-8,11,16-19,41H,9-10,12-15H2,1H3,(H2,36,37)/b8-2+. The van der Waals surface area contributed by atoms with Gasteiger partial charge in [0.1, 0.15) is 5.82 Å². The van der Waals surface area contributed by atoms with Crippen LogP contribution in [0.5, 0.6) is 0 Å². The molecule has 3 heterocycles. The van der Waals surface area contributed by atoms with Crippen LogP contribution in [0.2, 0.25) is 0 Å². The maximum absolute atomic E-state index is 14.1. The number of halogens is 3. The lowest BCUT2D eigenvalue weighted by atomic mass is 9.93. The summed E-state index contributed by atoms with van der Waals surface area (Å²) < 4.78 is 42.5. The van der Waals surface area contributed by atoms with Gasteiger partial charge in [0.25, 0.3) is 5.91 Å². The van der Waals surface area contributed by atoms with E-state index in [1.807, 2.05) is 0 Å². The van der Waals surface area contributed by atoms with Gasteiger partial charge in [-0.05, 0) is 103 Å². The largest absolute Gasteiger partial charge is 0.417 e. The van der Waals surface area contributed by atoms with Crippen molar-refractivity contribution in [1.82, 2.24) is 9.88 Å². The Bertz CT molecular complexity index is 1630. The van der Waals surface area contributed by atoms with Crippen LogP contribution in [-0.4, -0.2) is 45.4 Å². The molecular weight excluding hydrogens is 563 g/mol. The molecule has 5 rings (SSSR count). The van der Waals surface area contributed by atoms with Crippen molar-refractivity contribution >= 4 is 45.0 Å². The van der Waals surface area contributed by atoms with E-state index < -0.39 is 17.3 Å². The smallest absolute Gasteiger partial charge is 0.390 e. The van der Waals surface area contributed by atoms with Gasteiger partial charge in [-0.15, -0.1) is 11.3 Å². The summed E-state index contributed by atoms with van der Waals surface area (Å²) in [5.41, 5.74) is 6.18. The Hall–Kier alpha value is -4.02. The summed E-state index contributed by atoms with van der Waals surface area (Å²) in [5, 5.41) is 10.6. The molecule has 1 aliphatic heterocycles. The number of amides is 1. The highest BCUT2D eigenvalue weighted by molar-refractivity contribution is 7.19. The lowest BCUT2D eigenvalue weighted by Gasteiger charge is -2.35. The Labute approximate surface area is 245 Å². The minimum absolute atomic E-state index is 0.130. The zero-order chi connectivity index (χ0) is 30.1. The Balaban J connectivity index is 1.33. The number of thiophene rings is 1. The second-order valence-corrected chi connectivity index (χ2v) is 12.0. The summed E-state index contributed by atoms with van der Waals surface area (Å²) in [6.07, 6.45) is 1.51. The second kappa shape index (κ2) is 11.7. The third-order valence-corrected chi connectivity index (χ3v) is 8.70. The number of carbonyl (C=O) groups is 2. The van der Waals surface area contributed by atoms with Gasteiger partial charge >= 0.3 is 6.18 Å². The molecule has 2 aromatic carbocycles. The molecule has 4 aromatic rings. The number of rotatable bonds is 7. The fraction of sp³-hybridized carbons (Fsp3) is 0.281. The van der Waals surface area contributed by atoms with E-state index in [0.29, 0.717) is 65.1 Å². The Morgan fingerprint density at radius 3 is 2.43 bits per heavy atom. The molecule has 0 radical (unpaired) electrons. The summed E-state index contributed by atoms with van der Waals surface area (Å²) >= 11 is 1.05. The maximum Gasteiger partial charge on any atom is 0.417 e. The van der Waals surface area contributed by atoms with E-state index in [4.69, 9.17) is 5.73 Å². The van der Waals surface area contributed by atoms with Crippen molar-refractivity contribution in [2.45, 2.75) is 44.4 Å². The number of likely N-dealkylation sites (tertiary alicyclic amines) is 1. The molecule has 42 heavy (non-hydrogen) atoms. The van der Waals surface area contributed by atoms with Crippen molar-refractivity contribution in [1.29, 1.82) is 0 Å². The third-order valence-electron chi connectivity index (χ3n) is 7.45. The minimum atomic E-state index is -4.56. The van der Waals surface area contributed by atoms with Crippen LogP contribution in [0.25, 0.3) is 27.3 Å². The number of carbonyl (C=O) groups excluding carboxylic acids is 2. The van der Waals surface area contributed by atoms with Crippen LogP contribution in [0.3, 0.4) is 0 Å². The summed E-state index contributed by atoms with van der Waals surface area (Å²) in [6.45, 7) is 2.65. The van der Waals surface area contributed by atoms with Crippen LogP contribution in [0.4, 0.5) is 19.0 Å². The lowest BCUT2D eigenvalue weighted by Crippen LogP contribution is -2.45. The van der Waals surface area contributed by atoms with Crippen LogP contribution in [0.1, 0.15) is 52.5 Å². The molecule has 1 saturated heterocycles. The number of benzene rings is 2. The van der Waals surface area contributed by atoms with Crippen molar-refractivity contribution < 1.29 is 27.9 Å². The molecule has 0 aliphatic carbocycles. The lowest BCUT2D eigenvalue weighted by molar-refractivity contribution is -0.136. The molecule has 1 amide bonds. The third kappa shape index (κ3) is 6.88. The average molecular weight is 594 g/mol. The molecule has 0 saturated carbocycles. The van der Waals surface area contributed by atoms with Crippen LogP contribution < -0.4 is 5.73 Å². The monoisotopic (exact) mass is 593 g/mol. The summed E-state index contributed by atoms with van der Waals surface area (Å²) in [6, 6.07) is 14.5. The first-order chi connectivity index (χ1) is 19.9. The first kappa shape index (κ1) is 29.5. The second-order valence-electron chi connectivity index (χ2n) is 10.8. The number of nitrogens with two attached hydrogens (primary N) is 1. The van der Waals surface area contributed by atoms with Gasteiger partial charge in [0.2, 0.25) is 0 Å². The van der Waals surface area contributed by atoms with Gasteiger partial charge in [0.05, 0.1) is 11.2 Å². The van der Waals surface area contributed by atoms with E-state index in [0.717, 1.165) is 23.0 Å².